The fourth-order valence-corrected chi connectivity index (χ4v) is 1.93. The summed E-state index contributed by atoms with van der Waals surface area (Å²) in [5.74, 6) is 1.36. The van der Waals surface area contributed by atoms with Crippen LogP contribution in [0.2, 0.25) is 0 Å². The van der Waals surface area contributed by atoms with E-state index in [1.165, 1.54) is 0 Å². The molecule has 0 atom stereocenters. The predicted molar refractivity (Wildman–Crippen MR) is 72.1 cm³/mol. The van der Waals surface area contributed by atoms with Gasteiger partial charge in [0.25, 0.3) is 0 Å². The molecule has 3 aromatic carbocycles. The van der Waals surface area contributed by atoms with Crippen LogP contribution in [-0.2, 0) is 0 Å². The molecule has 2 nitrogen and oxygen atoms in total. The van der Waals surface area contributed by atoms with Crippen LogP contribution in [0.5, 0.6) is 17.2 Å². The minimum absolute atomic E-state index is 0.178. The van der Waals surface area contributed by atoms with Crippen LogP contribution in [0.4, 0.5) is 0 Å². The Hall–Kier alpha value is -2.48. The molecule has 2 heteroatoms. The van der Waals surface area contributed by atoms with Gasteiger partial charge in [-0.2, -0.15) is 0 Å². The molecule has 1 N–H and O–H groups in total. The molecule has 0 amide bonds. The van der Waals surface area contributed by atoms with Crippen molar-refractivity contribution in [2.24, 2.45) is 0 Å². The van der Waals surface area contributed by atoms with E-state index in [0.717, 1.165) is 10.8 Å². The maximum Gasteiger partial charge on any atom is 0.169 e. The molecule has 0 saturated heterocycles. The van der Waals surface area contributed by atoms with Crippen LogP contribution in [0.3, 0.4) is 0 Å². The molecule has 88 valence electrons. The summed E-state index contributed by atoms with van der Waals surface area (Å²) in [4.78, 5) is 0. The van der Waals surface area contributed by atoms with Gasteiger partial charge in [0.2, 0.25) is 0 Å². The van der Waals surface area contributed by atoms with Crippen molar-refractivity contribution < 1.29 is 9.84 Å². The minimum atomic E-state index is 0.178. The van der Waals surface area contributed by atoms with Crippen LogP contribution < -0.4 is 4.74 Å². The van der Waals surface area contributed by atoms with Crippen molar-refractivity contribution >= 4 is 10.8 Å². The summed E-state index contributed by atoms with van der Waals surface area (Å²) in [5.41, 5.74) is 0. The normalized spacial score (nSPS) is 10.4. The monoisotopic (exact) mass is 236 g/mol. The molecule has 0 aromatic heterocycles. The molecular formula is C16H12O2. The van der Waals surface area contributed by atoms with Gasteiger partial charge in [-0.15, -0.1) is 0 Å². The lowest BCUT2D eigenvalue weighted by Crippen LogP contribution is -1.85. The van der Waals surface area contributed by atoms with Crippen LogP contribution in [0, 0.1) is 0 Å². The fourth-order valence-electron chi connectivity index (χ4n) is 1.93. The molecule has 18 heavy (non-hydrogen) atoms. The van der Waals surface area contributed by atoms with E-state index in [-0.39, 0.29) is 5.75 Å². The Morgan fingerprint density at radius 2 is 1.44 bits per heavy atom. The van der Waals surface area contributed by atoms with Crippen LogP contribution in [0.1, 0.15) is 0 Å². The lowest BCUT2D eigenvalue weighted by Gasteiger charge is -2.09. The van der Waals surface area contributed by atoms with Crippen LogP contribution in [-0.4, -0.2) is 5.11 Å². The van der Waals surface area contributed by atoms with Crippen molar-refractivity contribution in [2.45, 2.75) is 0 Å². The number of para-hydroxylation sites is 1. The Bertz CT molecular complexity index is 675. The summed E-state index contributed by atoms with van der Waals surface area (Å²) in [6.07, 6.45) is 0. The van der Waals surface area contributed by atoms with Gasteiger partial charge in [0.15, 0.2) is 11.5 Å². The number of phenols is 1. The third-order valence-corrected chi connectivity index (χ3v) is 2.83. The Balaban J connectivity index is 2.05. The number of hydrogen-bond acceptors (Lipinski definition) is 2. The van der Waals surface area contributed by atoms with Gasteiger partial charge in [-0.25, -0.2) is 0 Å². The van der Waals surface area contributed by atoms with Gasteiger partial charge in [0.1, 0.15) is 5.75 Å². The molecule has 0 aliphatic carbocycles. The topological polar surface area (TPSA) is 29.5 Å². The number of aromatic hydroxyl groups is 1. The predicted octanol–water partition coefficient (Wildman–Crippen LogP) is 4.34. The summed E-state index contributed by atoms with van der Waals surface area (Å²) in [6, 6.07) is 20.8. The third kappa shape index (κ3) is 1.89. The Labute approximate surface area is 105 Å². The quantitative estimate of drug-likeness (QED) is 0.717. The first kappa shape index (κ1) is 10.7. The molecule has 0 unspecified atom stereocenters. The summed E-state index contributed by atoms with van der Waals surface area (Å²) >= 11 is 0. The Morgan fingerprint density at radius 1 is 0.722 bits per heavy atom. The maximum absolute atomic E-state index is 10.2. The van der Waals surface area contributed by atoms with Gasteiger partial charge in [-0.3, -0.25) is 0 Å². The number of fused-ring (bicyclic) bond motifs is 1. The number of hydrogen-bond donors (Lipinski definition) is 1. The van der Waals surface area contributed by atoms with Crippen molar-refractivity contribution in [3.8, 4) is 17.2 Å². The molecule has 0 aliphatic rings. The second-order valence-corrected chi connectivity index (χ2v) is 4.05. The molecule has 3 rings (SSSR count). The second-order valence-electron chi connectivity index (χ2n) is 4.05. The average Bonchev–Trinajstić information content (AvgIpc) is 2.43. The molecular weight excluding hydrogens is 224 g/mol. The maximum atomic E-state index is 10.2. The SMILES string of the molecule is Oc1c(Oc2ccccc2)ccc2ccccc12. The number of rotatable bonds is 2. The standard InChI is InChI=1S/C16H12O2/c17-16-14-9-5-4-6-12(14)10-11-15(16)18-13-7-2-1-3-8-13/h1-11,17H. The van der Waals surface area contributed by atoms with Crippen LogP contribution in [0.15, 0.2) is 66.7 Å². The molecule has 0 fully saturated rings. The third-order valence-electron chi connectivity index (χ3n) is 2.83. The van der Waals surface area contributed by atoms with Crippen molar-refractivity contribution in [1.29, 1.82) is 0 Å². The Morgan fingerprint density at radius 3 is 2.28 bits per heavy atom. The zero-order chi connectivity index (χ0) is 12.4. The van der Waals surface area contributed by atoms with E-state index in [1.807, 2.05) is 60.7 Å². The van der Waals surface area contributed by atoms with Gasteiger partial charge < -0.3 is 9.84 Å². The number of phenolic OH excluding ortho intramolecular Hbond substituents is 1. The first-order valence-electron chi connectivity index (χ1n) is 5.78. The minimum Gasteiger partial charge on any atom is -0.504 e. The summed E-state index contributed by atoms with van der Waals surface area (Å²) in [7, 11) is 0. The highest BCUT2D eigenvalue weighted by Crippen LogP contribution is 2.36. The van der Waals surface area contributed by atoms with E-state index in [0.29, 0.717) is 11.5 Å². The van der Waals surface area contributed by atoms with Gasteiger partial charge in [-0.1, -0.05) is 48.5 Å². The summed E-state index contributed by atoms with van der Waals surface area (Å²) < 4.78 is 5.67. The molecule has 0 spiro atoms. The first-order valence-corrected chi connectivity index (χ1v) is 5.78. The molecule has 0 radical (unpaired) electrons. The first-order chi connectivity index (χ1) is 8.84. The van der Waals surface area contributed by atoms with Gasteiger partial charge in [0.05, 0.1) is 0 Å². The van der Waals surface area contributed by atoms with E-state index in [1.54, 1.807) is 6.07 Å². The zero-order valence-electron chi connectivity index (χ0n) is 9.71. The summed E-state index contributed by atoms with van der Waals surface area (Å²) in [5, 5.41) is 12.0. The largest absolute Gasteiger partial charge is 0.504 e. The van der Waals surface area contributed by atoms with Crippen molar-refractivity contribution in [3.05, 3.63) is 66.7 Å². The van der Waals surface area contributed by atoms with E-state index < -0.39 is 0 Å². The lowest BCUT2D eigenvalue weighted by molar-refractivity contribution is 0.416. The van der Waals surface area contributed by atoms with E-state index in [4.69, 9.17) is 4.74 Å². The van der Waals surface area contributed by atoms with Gasteiger partial charge in [0, 0.05) is 5.39 Å². The van der Waals surface area contributed by atoms with E-state index in [2.05, 4.69) is 0 Å². The van der Waals surface area contributed by atoms with Gasteiger partial charge in [-0.05, 0) is 23.6 Å². The van der Waals surface area contributed by atoms with Crippen LogP contribution in [0.25, 0.3) is 10.8 Å². The highest BCUT2D eigenvalue weighted by Gasteiger charge is 2.07. The summed E-state index contributed by atoms with van der Waals surface area (Å²) in [6.45, 7) is 0. The van der Waals surface area contributed by atoms with Crippen molar-refractivity contribution in [3.63, 3.8) is 0 Å². The van der Waals surface area contributed by atoms with Gasteiger partial charge >= 0.3 is 0 Å². The second kappa shape index (κ2) is 4.41. The molecule has 0 bridgehead atoms. The lowest BCUT2D eigenvalue weighted by atomic mass is 10.1. The molecule has 0 saturated carbocycles. The highest BCUT2D eigenvalue weighted by molar-refractivity contribution is 5.90. The highest BCUT2D eigenvalue weighted by atomic mass is 16.5. The number of ether oxygens (including phenoxy) is 1. The van der Waals surface area contributed by atoms with Crippen LogP contribution >= 0.6 is 0 Å². The molecule has 0 aliphatic heterocycles. The Kier molecular flexibility index (Phi) is 2.61. The smallest absolute Gasteiger partial charge is 0.169 e. The van der Waals surface area contributed by atoms with Crippen molar-refractivity contribution in [2.75, 3.05) is 0 Å². The number of benzene rings is 3. The average molecular weight is 236 g/mol. The zero-order valence-corrected chi connectivity index (χ0v) is 9.71. The molecule has 3 aromatic rings. The molecule has 0 heterocycles. The van der Waals surface area contributed by atoms with E-state index >= 15 is 0 Å². The van der Waals surface area contributed by atoms with Crippen molar-refractivity contribution in [1.82, 2.24) is 0 Å². The van der Waals surface area contributed by atoms with E-state index in [9.17, 15) is 5.11 Å². The fraction of sp³-hybridized carbons (Fsp3) is 0.